The number of hydrogen-bond acceptors (Lipinski definition) is 3. The van der Waals surface area contributed by atoms with E-state index in [1.807, 2.05) is 26.0 Å². The average Bonchev–Trinajstić information content (AvgIpc) is 2.75. The van der Waals surface area contributed by atoms with E-state index in [-0.39, 0.29) is 6.04 Å². The average molecular weight is 271 g/mol. The number of anilines is 1. The first-order valence-electron chi connectivity index (χ1n) is 6.89. The molecule has 0 aliphatic heterocycles. The highest BCUT2D eigenvalue weighted by atomic mass is 16.1. The van der Waals surface area contributed by atoms with Crippen molar-refractivity contribution < 1.29 is 4.79 Å². The third kappa shape index (κ3) is 2.46. The minimum Gasteiger partial charge on any atom is -0.383 e. The van der Waals surface area contributed by atoms with Crippen LogP contribution in [0.15, 0.2) is 24.3 Å². The van der Waals surface area contributed by atoms with Crippen molar-refractivity contribution in [2.24, 2.45) is 0 Å². The molecule has 4 heteroatoms. The molecule has 1 aromatic heterocycles. The summed E-state index contributed by atoms with van der Waals surface area (Å²) in [7, 11) is 0. The van der Waals surface area contributed by atoms with Crippen molar-refractivity contribution in [2.75, 3.05) is 5.73 Å². The lowest BCUT2D eigenvalue weighted by Gasteiger charge is -2.07. The standard InChI is InChI=1S/C16H21N3O/c1-10(2)12-5-7-13(8-6-12)15-14(9-20)16(17)19(18-15)11(3)4/h5-11H,17H2,1-4H3. The summed E-state index contributed by atoms with van der Waals surface area (Å²) >= 11 is 0. The van der Waals surface area contributed by atoms with Gasteiger partial charge in [-0.15, -0.1) is 0 Å². The molecule has 0 radical (unpaired) electrons. The van der Waals surface area contributed by atoms with E-state index >= 15 is 0 Å². The Labute approximate surface area is 119 Å². The van der Waals surface area contributed by atoms with E-state index in [1.165, 1.54) is 5.56 Å². The van der Waals surface area contributed by atoms with E-state index in [4.69, 9.17) is 5.73 Å². The zero-order valence-corrected chi connectivity index (χ0v) is 12.4. The van der Waals surface area contributed by atoms with Crippen molar-refractivity contribution in [3.8, 4) is 11.3 Å². The number of hydrogen-bond donors (Lipinski definition) is 1. The molecule has 4 nitrogen and oxygen atoms in total. The van der Waals surface area contributed by atoms with E-state index in [0.29, 0.717) is 23.0 Å². The summed E-state index contributed by atoms with van der Waals surface area (Å²) in [4.78, 5) is 11.3. The summed E-state index contributed by atoms with van der Waals surface area (Å²) in [5.41, 5.74) is 9.30. The highest BCUT2D eigenvalue weighted by molar-refractivity contribution is 5.91. The second kappa shape index (κ2) is 5.49. The molecule has 0 unspecified atom stereocenters. The normalized spacial score (nSPS) is 11.3. The maximum Gasteiger partial charge on any atom is 0.156 e. The van der Waals surface area contributed by atoms with Gasteiger partial charge in [0.25, 0.3) is 0 Å². The fourth-order valence-corrected chi connectivity index (χ4v) is 2.21. The number of carbonyl (C=O) groups excluding carboxylic acids is 1. The zero-order chi connectivity index (χ0) is 14.9. The van der Waals surface area contributed by atoms with E-state index < -0.39 is 0 Å². The number of nitrogens with zero attached hydrogens (tertiary/aromatic N) is 2. The van der Waals surface area contributed by atoms with Crippen LogP contribution in [-0.4, -0.2) is 16.1 Å². The van der Waals surface area contributed by atoms with Gasteiger partial charge in [0.1, 0.15) is 11.5 Å². The lowest BCUT2D eigenvalue weighted by atomic mass is 10.00. The number of nitrogens with two attached hydrogens (primary N) is 1. The molecule has 2 rings (SSSR count). The van der Waals surface area contributed by atoms with Gasteiger partial charge in [-0.3, -0.25) is 4.79 Å². The maximum absolute atomic E-state index is 11.3. The highest BCUT2D eigenvalue weighted by Crippen LogP contribution is 2.28. The van der Waals surface area contributed by atoms with Crippen LogP contribution in [0.1, 0.15) is 55.6 Å². The molecule has 0 amide bonds. The molecule has 106 valence electrons. The molecular weight excluding hydrogens is 250 g/mol. The summed E-state index contributed by atoms with van der Waals surface area (Å²) in [6.45, 7) is 8.28. The summed E-state index contributed by atoms with van der Waals surface area (Å²) in [5.74, 6) is 0.908. The van der Waals surface area contributed by atoms with Crippen molar-refractivity contribution in [2.45, 2.75) is 39.7 Å². The molecule has 2 aromatic rings. The van der Waals surface area contributed by atoms with Gasteiger partial charge in [0, 0.05) is 11.6 Å². The van der Waals surface area contributed by atoms with Gasteiger partial charge in [-0.2, -0.15) is 5.10 Å². The number of aldehydes is 1. The van der Waals surface area contributed by atoms with Crippen molar-refractivity contribution in [1.82, 2.24) is 9.78 Å². The second-order valence-corrected chi connectivity index (χ2v) is 5.58. The zero-order valence-electron chi connectivity index (χ0n) is 12.4. The SMILES string of the molecule is CC(C)c1ccc(-c2nn(C(C)C)c(N)c2C=O)cc1. The number of rotatable bonds is 4. The van der Waals surface area contributed by atoms with Crippen molar-refractivity contribution in [3.05, 3.63) is 35.4 Å². The topological polar surface area (TPSA) is 60.9 Å². The van der Waals surface area contributed by atoms with Gasteiger partial charge < -0.3 is 5.73 Å². The van der Waals surface area contributed by atoms with Crippen molar-refractivity contribution in [1.29, 1.82) is 0 Å². The molecule has 0 saturated heterocycles. The van der Waals surface area contributed by atoms with Crippen molar-refractivity contribution in [3.63, 3.8) is 0 Å². The fourth-order valence-electron chi connectivity index (χ4n) is 2.21. The molecule has 1 heterocycles. The van der Waals surface area contributed by atoms with Crippen LogP contribution >= 0.6 is 0 Å². The van der Waals surface area contributed by atoms with E-state index in [0.717, 1.165) is 11.8 Å². The first-order valence-corrected chi connectivity index (χ1v) is 6.89. The van der Waals surface area contributed by atoms with Crippen LogP contribution < -0.4 is 5.73 Å². The quantitative estimate of drug-likeness (QED) is 0.863. The number of nitrogen functional groups attached to an aromatic ring is 1. The van der Waals surface area contributed by atoms with Gasteiger partial charge in [-0.05, 0) is 25.3 Å². The first kappa shape index (κ1) is 14.3. The minimum absolute atomic E-state index is 0.123. The largest absolute Gasteiger partial charge is 0.383 e. The Hall–Kier alpha value is -2.10. The molecule has 20 heavy (non-hydrogen) atoms. The van der Waals surface area contributed by atoms with Gasteiger partial charge in [0.05, 0.1) is 5.56 Å². The molecule has 1 aromatic carbocycles. The van der Waals surface area contributed by atoms with Crippen LogP contribution in [-0.2, 0) is 0 Å². The monoisotopic (exact) mass is 271 g/mol. The first-order chi connectivity index (χ1) is 9.45. The number of aromatic nitrogens is 2. The van der Waals surface area contributed by atoms with Crippen LogP contribution in [0.2, 0.25) is 0 Å². The molecule has 0 aliphatic carbocycles. The van der Waals surface area contributed by atoms with Gasteiger partial charge in [0.15, 0.2) is 6.29 Å². The Morgan fingerprint density at radius 3 is 2.20 bits per heavy atom. The summed E-state index contributed by atoms with van der Waals surface area (Å²) in [6.07, 6.45) is 0.785. The molecular formula is C16H21N3O. The van der Waals surface area contributed by atoms with Gasteiger partial charge in [-0.1, -0.05) is 38.1 Å². The molecule has 0 fully saturated rings. The third-order valence-electron chi connectivity index (χ3n) is 3.44. The smallest absolute Gasteiger partial charge is 0.156 e. The predicted octanol–water partition coefficient (Wildman–Crippen LogP) is 3.65. The van der Waals surface area contributed by atoms with E-state index in [9.17, 15) is 4.79 Å². The minimum atomic E-state index is 0.123. The molecule has 0 spiro atoms. The van der Waals surface area contributed by atoms with Crippen LogP contribution in [0.25, 0.3) is 11.3 Å². The van der Waals surface area contributed by atoms with E-state index in [1.54, 1.807) is 4.68 Å². The molecule has 0 saturated carbocycles. The van der Waals surface area contributed by atoms with Crippen LogP contribution in [0.3, 0.4) is 0 Å². The Kier molecular flexibility index (Phi) is 3.93. The van der Waals surface area contributed by atoms with Gasteiger partial charge in [0.2, 0.25) is 0 Å². The fraction of sp³-hybridized carbons (Fsp3) is 0.375. The van der Waals surface area contributed by atoms with Crippen molar-refractivity contribution >= 4 is 12.1 Å². The lowest BCUT2D eigenvalue weighted by Crippen LogP contribution is -2.07. The molecule has 2 N–H and O–H groups in total. The predicted molar refractivity (Wildman–Crippen MR) is 81.9 cm³/mol. The second-order valence-electron chi connectivity index (χ2n) is 5.58. The highest BCUT2D eigenvalue weighted by Gasteiger charge is 2.18. The Bertz CT molecular complexity index is 609. The lowest BCUT2D eigenvalue weighted by molar-refractivity contribution is 0.112. The van der Waals surface area contributed by atoms with Gasteiger partial charge in [-0.25, -0.2) is 4.68 Å². The van der Waals surface area contributed by atoms with Crippen LogP contribution in [0.4, 0.5) is 5.82 Å². The number of carbonyl (C=O) groups is 1. The van der Waals surface area contributed by atoms with E-state index in [2.05, 4.69) is 31.1 Å². The number of benzene rings is 1. The van der Waals surface area contributed by atoms with Gasteiger partial charge >= 0.3 is 0 Å². The van der Waals surface area contributed by atoms with Crippen LogP contribution in [0.5, 0.6) is 0 Å². The Morgan fingerprint density at radius 2 is 1.75 bits per heavy atom. The summed E-state index contributed by atoms with van der Waals surface area (Å²) in [6, 6.07) is 8.25. The third-order valence-corrected chi connectivity index (χ3v) is 3.44. The molecule has 0 aliphatic rings. The van der Waals surface area contributed by atoms with Crippen LogP contribution in [0, 0.1) is 0 Å². The summed E-state index contributed by atoms with van der Waals surface area (Å²) < 4.78 is 1.69. The molecule has 0 bridgehead atoms. The maximum atomic E-state index is 11.3. The Balaban J connectivity index is 2.51. The molecule has 0 atom stereocenters. The Morgan fingerprint density at radius 1 is 1.15 bits per heavy atom. The summed E-state index contributed by atoms with van der Waals surface area (Å²) in [5, 5.41) is 4.49.